The quantitative estimate of drug-likeness (QED) is 0.382. The third kappa shape index (κ3) is 5.20. The van der Waals surface area contributed by atoms with Crippen molar-refractivity contribution in [2.45, 2.75) is 90.4 Å². The van der Waals surface area contributed by atoms with Crippen molar-refractivity contribution >= 4 is 11.6 Å². The molecule has 2 atom stereocenters. The molecule has 2 heterocycles. The van der Waals surface area contributed by atoms with Crippen LogP contribution in [0.5, 0.6) is 0 Å². The minimum Gasteiger partial charge on any atom is -0.338 e. The van der Waals surface area contributed by atoms with Crippen LogP contribution >= 0.6 is 0 Å². The molecule has 6 nitrogen and oxygen atoms in total. The zero-order valence-corrected chi connectivity index (χ0v) is 20.7. The van der Waals surface area contributed by atoms with Gasteiger partial charge in [0.25, 0.3) is 5.69 Å². The minimum absolute atomic E-state index is 0.00670. The van der Waals surface area contributed by atoms with E-state index in [4.69, 9.17) is 0 Å². The largest absolute Gasteiger partial charge is 0.416 e. The summed E-state index contributed by atoms with van der Waals surface area (Å²) in [7, 11) is 0. The minimum atomic E-state index is -4.68. The maximum atomic E-state index is 14.0. The number of carbonyl (C=O) groups excluding carboxylic acids is 1. The van der Waals surface area contributed by atoms with Gasteiger partial charge in [-0.05, 0) is 69.2 Å². The molecule has 0 bridgehead atoms. The average molecular weight is 496 g/mol. The van der Waals surface area contributed by atoms with E-state index in [1.54, 1.807) is 4.90 Å². The van der Waals surface area contributed by atoms with Crippen LogP contribution in [0.1, 0.15) is 81.9 Å². The van der Waals surface area contributed by atoms with Crippen LogP contribution in [0.15, 0.2) is 12.1 Å². The standard InChI is InChI=1S/C26H36F3N3O3/c1-18(2)25(10-8-21(16-25)30-11-6-4-3-5-7-12-30)24(33)31-13-9-22-19(17-31)14-20(26(27,28)29)15-23(22)32(34)35/h14-15,18,21H,3-13,16-17H2,1-2H3/t21-,25+/m1/s1. The Hall–Kier alpha value is -2.16. The average Bonchev–Trinajstić information content (AvgIpc) is 3.23. The van der Waals surface area contributed by atoms with Crippen molar-refractivity contribution in [1.82, 2.24) is 9.80 Å². The maximum Gasteiger partial charge on any atom is 0.416 e. The molecule has 0 N–H and O–H groups in total. The van der Waals surface area contributed by atoms with Crippen molar-refractivity contribution in [3.8, 4) is 0 Å². The van der Waals surface area contributed by atoms with Gasteiger partial charge in [0.15, 0.2) is 0 Å². The van der Waals surface area contributed by atoms with Crippen LogP contribution in [0, 0.1) is 21.4 Å². The Morgan fingerprint density at radius 1 is 1.11 bits per heavy atom. The van der Waals surface area contributed by atoms with E-state index >= 15 is 0 Å². The van der Waals surface area contributed by atoms with Gasteiger partial charge in [0, 0.05) is 30.8 Å². The number of hydrogen-bond acceptors (Lipinski definition) is 4. The van der Waals surface area contributed by atoms with Crippen molar-refractivity contribution in [1.29, 1.82) is 0 Å². The number of fused-ring (bicyclic) bond motifs is 1. The Morgan fingerprint density at radius 2 is 1.77 bits per heavy atom. The third-order valence-electron chi connectivity index (χ3n) is 8.58. The van der Waals surface area contributed by atoms with Gasteiger partial charge in [-0.1, -0.05) is 33.1 Å². The number of likely N-dealkylation sites (tertiary alicyclic amines) is 1. The first-order valence-corrected chi connectivity index (χ1v) is 12.9. The van der Waals surface area contributed by atoms with Crippen LogP contribution in [0.25, 0.3) is 0 Å². The van der Waals surface area contributed by atoms with Crippen molar-refractivity contribution in [2.75, 3.05) is 19.6 Å². The van der Waals surface area contributed by atoms with Crippen LogP contribution in [0.2, 0.25) is 0 Å². The number of nitrogens with zero attached hydrogens (tertiary/aromatic N) is 3. The Kier molecular flexibility index (Phi) is 7.46. The molecule has 3 aliphatic rings. The molecule has 194 valence electrons. The summed E-state index contributed by atoms with van der Waals surface area (Å²) in [6.07, 6.45) is 4.16. The summed E-state index contributed by atoms with van der Waals surface area (Å²) in [5.74, 6) is 0.0970. The Bertz CT molecular complexity index is 957. The monoisotopic (exact) mass is 495 g/mol. The second-order valence-corrected chi connectivity index (χ2v) is 10.9. The number of hydrogen-bond donors (Lipinski definition) is 0. The van der Waals surface area contributed by atoms with E-state index in [1.807, 2.05) is 0 Å². The summed E-state index contributed by atoms with van der Waals surface area (Å²) in [6.45, 7) is 6.54. The molecule has 0 unspecified atom stereocenters. The number of benzene rings is 1. The molecule has 1 aromatic carbocycles. The molecule has 9 heteroatoms. The third-order valence-corrected chi connectivity index (χ3v) is 8.58. The van der Waals surface area contributed by atoms with E-state index in [9.17, 15) is 28.1 Å². The highest BCUT2D eigenvalue weighted by atomic mass is 19.4. The van der Waals surface area contributed by atoms with Gasteiger partial charge in [0.05, 0.1) is 15.9 Å². The molecule has 35 heavy (non-hydrogen) atoms. The zero-order valence-electron chi connectivity index (χ0n) is 20.7. The first-order valence-electron chi connectivity index (χ1n) is 12.9. The van der Waals surface area contributed by atoms with Gasteiger partial charge in [-0.3, -0.25) is 14.9 Å². The summed E-state index contributed by atoms with van der Waals surface area (Å²) < 4.78 is 40.3. The summed E-state index contributed by atoms with van der Waals surface area (Å²) in [5.41, 5.74) is -1.52. The lowest BCUT2D eigenvalue weighted by molar-refractivity contribution is -0.385. The number of amides is 1. The zero-order chi connectivity index (χ0) is 25.4. The van der Waals surface area contributed by atoms with Crippen molar-refractivity contribution in [3.63, 3.8) is 0 Å². The molecule has 4 rings (SSSR count). The first kappa shape index (κ1) is 25.9. The van der Waals surface area contributed by atoms with E-state index in [2.05, 4.69) is 18.7 Å². The topological polar surface area (TPSA) is 66.7 Å². The Labute approximate surface area is 205 Å². The van der Waals surface area contributed by atoms with Crippen LogP contribution < -0.4 is 0 Å². The molecular weight excluding hydrogens is 459 g/mol. The van der Waals surface area contributed by atoms with Gasteiger partial charge in [0.1, 0.15) is 0 Å². The molecular formula is C26H36F3N3O3. The fourth-order valence-electron chi connectivity index (χ4n) is 6.45. The van der Waals surface area contributed by atoms with Crippen LogP contribution in [0.4, 0.5) is 18.9 Å². The highest BCUT2D eigenvalue weighted by Gasteiger charge is 2.51. The van der Waals surface area contributed by atoms with Crippen molar-refractivity contribution in [3.05, 3.63) is 38.9 Å². The highest BCUT2D eigenvalue weighted by Crippen LogP contribution is 2.48. The lowest BCUT2D eigenvalue weighted by Crippen LogP contribution is -2.48. The van der Waals surface area contributed by atoms with Gasteiger partial charge >= 0.3 is 6.18 Å². The van der Waals surface area contributed by atoms with E-state index < -0.39 is 27.8 Å². The van der Waals surface area contributed by atoms with Crippen molar-refractivity contribution in [2.24, 2.45) is 11.3 Å². The Morgan fingerprint density at radius 3 is 2.37 bits per heavy atom. The number of nitro benzene ring substituents is 1. The Balaban J connectivity index is 1.57. The number of carbonyl (C=O) groups is 1. The molecule has 0 aromatic heterocycles. The van der Waals surface area contributed by atoms with Gasteiger partial charge in [-0.25, -0.2) is 0 Å². The number of alkyl halides is 3. The van der Waals surface area contributed by atoms with Crippen LogP contribution in [0.3, 0.4) is 0 Å². The second-order valence-electron chi connectivity index (χ2n) is 10.9. The fourth-order valence-corrected chi connectivity index (χ4v) is 6.45. The molecule has 0 spiro atoms. The number of halogens is 3. The normalized spacial score (nSPS) is 26.3. The van der Waals surface area contributed by atoms with E-state index in [0.717, 1.165) is 38.4 Å². The van der Waals surface area contributed by atoms with E-state index in [-0.39, 0.29) is 30.4 Å². The molecule has 2 aliphatic heterocycles. The fraction of sp³-hybridized carbons (Fsp3) is 0.731. The lowest BCUT2D eigenvalue weighted by Gasteiger charge is -2.40. The predicted molar refractivity (Wildman–Crippen MR) is 127 cm³/mol. The highest BCUT2D eigenvalue weighted by molar-refractivity contribution is 5.84. The van der Waals surface area contributed by atoms with Gasteiger partial charge < -0.3 is 9.80 Å². The smallest absolute Gasteiger partial charge is 0.338 e. The molecule has 1 aromatic rings. The molecule has 1 amide bonds. The predicted octanol–water partition coefficient (Wildman–Crippen LogP) is 5.96. The summed E-state index contributed by atoms with van der Waals surface area (Å²) >= 11 is 0. The van der Waals surface area contributed by atoms with Gasteiger partial charge in [-0.2, -0.15) is 13.2 Å². The first-order chi connectivity index (χ1) is 16.5. The lowest BCUT2D eigenvalue weighted by atomic mass is 9.73. The number of rotatable bonds is 4. The maximum absolute atomic E-state index is 14.0. The van der Waals surface area contributed by atoms with Crippen LogP contribution in [-0.2, 0) is 23.9 Å². The summed E-state index contributed by atoms with van der Waals surface area (Å²) in [5, 5.41) is 11.5. The SMILES string of the molecule is CC(C)[C@]1(C(=O)N2CCc3c(cc(C(F)(F)F)cc3[N+](=O)[O-])C2)CC[C@@H](N2CCCCCCC2)C1. The molecule has 2 fully saturated rings. The summed E-state index contributed by atoms with van der Waals surface area (Å²) in [4.78, 5) is 28.9. The van der Waals surface area contributed by atoms with Crippen molar-refractivity contribution < 1.29 is 22.9 Å². The van der Waals surface area contributed by atoms with E-state index in [0.29, 0.717) is 24.2 Å². The van der Waals surface area contributed by atoms with Crippen LogP contribution in [-0.4, -0.2) is 46.3 Å². The summed E-state index contributed by atoms with van der Waals surface area (Å²) in [6, 6.07) is 1.97. The number of nitro groups is 1. The molecule has 1 saturated heterocycles. The molecule has 1 saturated carbocycles. The molecule has 0 radical (unpaired) electrons. The van der Waals surface area contributed by atoms with E-state index in [1.165, 1.54) is 32.1 Å². The molecule has 1 aliphatic carbocycles. The second kappa shape index (κ2) is 10.1. The van der Waals surface area contributed by atoms with Gasteiger partial charge in [-0.15, -0.1) is 0 Å². The van der Waals surface area contributed by atoms with Gasteiger partial charge in [0.2, 0.25) is 5.91 Å².